The van der Waals surface area contributed by atoms with Gasteiger partial charge in [-0.15, -0.1) is 0 Å². The minimum atomic E-state index is -1.07. The minimum absolute atomic E-state index is 0.187. The molecule has 1 aliphatic carbocycles. The van der Waals surface area contributed by atoms with Crippen LogP contribution in [0.15, 0.2) is 42.7 Å². The lowest BCUT2D eigenvalue weighted by Crippen LogP contribution is -2.21. The van der Waals surface area contributed by atoms with Crippen molar-refractivity contribution in [2.45, 2.75) is 19.8 Å². The Labute approximate surface area is 210 Å². The summed E-state index contributed by atoms with van der Waals surface area (Å²) in [7, 11) is 3.29. The van der Waals surface area contributed by atoms with Crippen molar-refractivity contribution >= 4 is 28.3 Å². The van der Waals surface area contributed by atoms with Crippen LogP contribution in [0.5, 0.6) is 5.75 Å². The van der Waals surface area contributed by atoms with Crippen LogP contribution in [0.3, 0.4) is 0 Å². The number of carbonyl (C=O) groups excluding carboxylic acids is 2. The Balaban J connectivity index is 1.74. The van der Waals surface area contributed by atoms with E-state index in [1.165, 1.54) is 29.2 Å². The van der Waals surface area contributed by atoms with Crippen molar-refractivity contribution in [1.29, 1.82) is 0 Å². The maximum absolute atomic E-state index is 13.4. The summed E-state index contributed by atoms with van der Waals surface area (Å²) in [6.45, 7) is 0.373. The van der Waals surface area contributed by atoms with Crippen molar-refractivity contribution in [1.82, 2.24) is 24.6 Å². The number of alkyl halides is 1. The zero-order valence-corrected chi connectivity index (χ0v) is 20.7. The van der Waals surface area contributed by atoms with Crippen LogP contribution in [-0.4, -0.2) is 57.4 Å². The number of benzene rings is 1. The van der Waals surface area contributed by atoms with E-state index in [9.17, 15) is 14.0 Å². The minimum Gasteiger partial charge on any atom is -0.461 e. The molecule has 9 nitrogen and oxygen atoms in total. The zero-order valence-electron chi connectivity index (χ0n) is 19.9. The maximum Gasteiger partial charge on any atom is 0.253 e. The van der Waals surface area contributed by atoms with Crippen molar-refractivity contribution in [2.24, 2.45) is 0 Å². The lowest BCUT2D eigenvalue weighted by atomic mass is 9.95. The molecule has 3 aromatic heterocycles. The first-order valence-electron chi connectivity index (χ1n) is 11.2. The molecule has 0 saturated carbocycles. The Hall–Kier alpha value is -4.12. The van der Waals surface area contributed by atoms with E-state index in [0.717, 1.165) is 33.1 Å². The molecular weight excluding hydrogens is 483 g/mol. The number of thiazole rings is 1. The van der Waals surface area contributed by atoms with Crippen LogP contribution < -0.4 is 10.1 Å². The number of hydrogen-bond acceptors (Lipinski definition) is 7. The summed E-state index contributed by atoms with van der Waals surface area (Å²) in [5.74, 6) is -0.244. The van der Waals surface area contributed by atoms with E-state index in [2.05, 4.69) is 15.3 Å². The predicted octanol–water partition coefficient (Wildman–Crippen LogP) is 4.12. The average molecular weight is 507 g/mol. The first-order valence-corrected chi connectivity index (χ1v) is 12.0. The molecule has 2 amide bonds. The molecule has 1 aliphatic rings. The van der Waals surface area contributed by atoms with Crippen LogP contribution in [0, 0.1) is 0 Å². The molecule has 0 saturated heterocycles. The molecule has 5 rings (SSSR count). The van der Waals surface area contributed by atoms with Crippen molar-refractivity contribution in [3.05, 3.63) is 59.5 Å². The van der Waals surface area contributed by atoms with Crippen LogP contribution >= 0.6 is 11.3 Å². The molecule has 0 unspecified atom stereocenters. The zero-order chi connectivity index (χ0) is 25.4. The third-order valence-corrected chi connectivity index (χ3v) is 6.80. The summed E-state index contributed by atoms with van der Waals surface area (Å²) >= 11 is 1.36. The Morgan fingerprint density at radius 1 is 1.25 bits per heavy atom. The van der Waals surface area contributed by atoms with Gasteiger partial charge in [-0.1, -0.05) is 11.3 Å². The van der Waals surface area contributed by atoms with Crippen molar-refractivity contribution in [3.8, 4) is 33.3 Å². The van der Waals surface area contributed by atoms with E-state index < -0.39 is 6.86 Å². The van der Waals surface area contributed by atoms with Gasteiger partial charge >= 0.3 is 0 Å². The van der Waals surface area contributed by atoms with Crippen LogP contribution in [0.25, 0.3) is 27.5 Å². The number of hydrogen-bond donors (Lipinski definition) is 1. The molecule has 11 heteroatoms. The summed E-state index contributed by atoms with van der Waals surface area (Å²) in [5, 5.41) is 8.19. The highest BCUT2D eigenvalue weighted by Crippen LogP contribution is 2.45. The molecule has 4 aromatic rings. The molecule has 0 spiro atoms. The highest BCUT2D eigenvalue weighted by atomic mass is 32.1. The van der Waals surface area contributed by atoms with E-state index in [1.807, 2.05) is 12.1 Å². The Kier molecular flexibility index (Phi) is 6.23. The summed E-state index contributed by atoms with van der Waals surface area (Å²) in [5.41, 5.74) is 5.08. The number of anilines is 1. The van der Waals surface area contributed by atoms with E-state index in [0.29, 0.717) is 29.2 Å². The van der Waals surface area contributed by atoms with Gasteiger partial charge in [0.05, 0.1) is 22.0 Å². The fourth-order valence-corrected chi connectivity index (χ4v) is 5.35. The van der Waals surface area contributed by atoms with Gasteiger partial charge in [0.15, 0.2) is 5.13 Å². The lowest BCUT2D eigenvalue weighted by Gasteiger charge is -2.17. The van der Waals surface area contributed by atoms with Crippen LogP contribution in [0.4, 0.5) is 9.52 Å². The van der Waals surface area contributed by atoms with E-state index in [1.54, 1.807) is 43.3 Å². The highest BCUT2D eigenvalue weighted by molar-refractivity contribution is 7.19. The van der Waals surface area contributed by atoms with E-state index >= 15 is 0 Å². The SMILES string of the molecule is CC(=O)Nc1nc2c(s1)-c1c(c(-c3cccnc3)nn1-c1ccc(C(=O)N(C)C)cc1OCF)CC2. The Morgan fingerprint density at radius 2 is 2.08 bits per heavy atom. The second-order valence-electron chi connectivity index (χ2n) is 8.44. The van der Waals surface area contributed by atoms with Crippen LogP contribution in [0.1, 0.15) is 28.5 Å². The standard InChI is InChI=1S/C25H23FN6O3S/c1-14(33)28-25-29-18-8-7-17-21(16-5-4-10-27-12-16)30-32(22(17)23(18)36-25)19-9-6-15(24(34)31(2)3)11-20(19)35-13-26/h4-6,9-12H,7-8,13H2,1-3H3,(H,28,29,33). The Bertz CT molecular complexity index is 1460. The predicted molar refractivity (Wildman–Crippen MR) is 134 cm³/mol. The number of amides is 2. The maximum atomic E-state index is 13.4. The Morgan fingerprint density at radius 3 is 2.78 bits per heavy atom. The fraction of sp³-hybridized carbons (Fsp3) is 0.240. The smallest absolute Gasteiger partial charge is 0.253 e. The van der Waals surface area contributed by atoms with Gasteiger partial charge in [0.1, 0.15) is 11.4 Å². The van der Waals surface area contributed by atoms with Crippen LogP contribution in [-0.2, 0) is 17.6 Å². The summed E-state index contributed by atoms with van der Waals surface area (Å²) < 4.78 is 20.5. The summed E-state index contributed by atoms with van der Waals surface area (Å²) in [4.78, 5) is 35.3. The number of ether oxygens (including phenoxy) is 1. The topological polar surface area (TPSA) is 102 Å². The van der Waals surface area contributed by atoms with Gasteiger partial charge in [-0.25, -0.2) is 14.1 Å². The largest absolute Gasteiger partial charge is 0.461 e. The molecule has 0 bridgehead atoms. The molecule has 184 valence electrons. The number of carbonyl (C=O) groups is 2. The van der Waals surface area contributed by atoms with Crippen LogP contribution in [0.2, 0.25) is 0 Å². The molecule has 36 heavy (non-hydrogen) atoms. The monoisotopic (exact) mass is 506 g/mol. The normalized spacial score (nSPS) is 12.0. The molecule has 1 aromatic carbocycles. The molecule has 0 aliphatic heterocycles. The average Bonchev–Trinajstić information content (AvgIpc) is 3.44. The van der Waals surface area contributed by atoms with E-state index in [4.69, 9.17) is 9.84 Å². The van der Waals surface area contributed by atoms with Gasteiger partial charge in [-0.05, 0) is 43.2 Å². The quantitative estimate of drug-likeness (QED) is 0.422. The molecular formula is C25H23FN6O3S. The third kappa shape index (κ3) is 4.22. The molecule has 0 radical (unpaired) electrons. The van der Waals surface area contributed by atoms with Crippen molar-refractivity contribution < 1.29 is 18.7 Å². The number of fused-ring (bicyclic) bond motifs is 3. The first kappa shape index (κ1) is 23.6. The summed E-state index contributed by atoms with van der Waals surface area (Å²) in [6.07, 6.45) is 4.80. The van der Waals surface area contributed by atoms with Gasteiger partial charge in [0, 0.05) is 50.1 Å². The number of aryl methyl sites for hydroxylation is 1. The second kappa shape index (κ2) is 9.50. The number of pyridine rings is 1. The molecule has 3 heterocycles. The molecule has 0 fully saturated rings. The first-order chi connectivity index (χ1) is 17.4. The van der Waals surface area contributed by atoms with Gasteiger partial charge in [-0.2, -0.15) is 5.10 Å². The molecule has 1 N–H and O–H groups in total. The van der Waals surface area contributed by atoms with Crippen molar-refractivity contribution in [2.75, 3.05) is 26.3 Å². The number of nitrogens with one attached hydrogen (secondary N) is 1. The third-order valence-electron chi connectivity index (χ3n) is 5.78. The number of rotatable bonds is 6. The highest BCUT2D eigenvalue weighted by Gasteiger charge is 2.31. The molecule has 0 atom stereocenters. The van der Waals surface area contributed by atoms with Gasteiger partial charge in [0.25, 0.3) is 5.91 Å². The van der Waals surface area contributed by atoms with Gasteiger partial charge in [0.2, 0.25) is 12.8 Å². The number of nitrogens with zero attached hydrogens (tertiary/aromatic N) is 5. The fourth-order valence-electron chi connectivity index (χ4n) is 4.24. The van der Waals surface area contributed by atoms with E-state index in [-0.39, 0.29) is 17.6 Å². The summed E-state index contributed by atoms with van der Waals surface area (Å²) in [6, 6.07) is 8.67. The van der Waals surface area contributed by atoms with Crippen molar-refractivity contribution in [3.63, 3.8) is 0 Å². The van der Waals surface area contributed by atoms with Gasteiger partial charge < -0.3 is 15.0 Å². The van der Waals surface area contributed by atoms with Gasteiger partial charge in [-0.3, -0.25) is 14.6 Å². The second-order valence-corrected chi connectivity index (χ2v) is 9.44. The number of halogens is 1. The lowest BCUT2D eigenvalue weighted by molar-refractivity contribution is -0.114. The number of aromatic nitrogens is 4.